The average Bonchev–Trinajstić information content (AvgIpc) is 2.71. The van der Waals surface area contributed by atoms with Crippen LogP contribution in [0.3, 0.4) is 0 Å². The van der Waals surface area contributed by atoms with Gasteiger partial charge in [0.1, 0.15) is 15.8 Å². The minimum atomic E-state index is 0.310. The second-order valence-electron chi connectivity index (χ2n) is 3.95. The maximum absolute atomic E-state index is 8.98. The van der Waals surface area contributed by atoms with E-state index < -0.39 is 0 Å². The van der Waals surface area contributed by atoms with Gasteiger partial charge in [-0.15, -0.1) is 11.8 Å². The summed E-state index contributed by atoms with van der Waals surface area (Å²) >= 11 is 8.73. The van der Waals surface area contributed by atoms with Crippen molar-refractivity contribution in [2.24, 2.45) is 0 Å². The first-order valence-electron chi connectivity index (χ1n) is 5.36. The van der Waals surface area contributed by atoms with Crippen molar-refractivity contribution in [1.29, 1.82) is 5.26 Å². The maximum Gasteiger partial charge on any atom is 0.161 e. The van der Waals surface area contributed by atoms with Crippen LogP contribution in [-0.4, -0.2) is 4.37 Å². The van der Waals surface area contributed by atoms with Crippen molar-refractivity contribution in [1.82, 2.24) is 4.37 Å². The minimum Gasteiger partial charge on any atom is -0.192 e. The van der Waals surface area contributed by atoms with E-state index in [4.69, 9.17) is 16.9 Å². The number of aromatic nitrogens is 1. The molecular formula is C13H11ClN2S2. The number of halogens is 1. The summed E-state index contributed by atoms with van der Waals surface area (Å²) in [7, 11) is 0. The normalized spacial score (nSPS) is 10.3. The largest absolute Gasteiger partial charge is 0.192 e. The van der Waals surface area contributed by atoms with E-state index in [9.17, 15) is 0 Å². The first kappa shape index (κ1) is 13.4. The molecule has 0 aliphatic rings. The Balaban J connectivity index is 2.12. The van der Waals surface area contributed by atoms with Crippen LogP contribution in [0.1, 0.15) is 22.3 Å². The molecule has 2 rings (SSSR count). The standard InChI is InChI=1S/C13H11ClN2S2/c1-8-3-4-10(5-9(8)2)7-17-13-11(6-15)12(14)16-18-13/h3-5H,7H2,1-2H3. The number of aryl methyl sites for hydroxylation is 2. The Morgan fingerprint density at radius 2 is 2.17 bits per heavy atom. The molecule has 0 N–H and O–H groups in total. The van der Waals surface area contributed by atoms with E-state index >= 15 is 0 Å². The van der Waals surface area contributed by atoms with Gasteiger partial charge in [-0.1, -0.05) is 29.8 Å². The molecule has 0 atom stereocenters. The highest BCUT2D eigenvalue weighted by molar-refractivity contribution is 8.00. The zero-order valence-corrected chi connectivity index (χ0v) is 12.4. The number of benzene rings is 1. The van der Waals surface area contributed by atoms with Crippen LogP contribution >= 0.6 is 34.9 Å². The zero-order valence-electron chi connectivity index (χ0n) is 10.0. The van der Waals surface area contributed by atoms with Crippen molar-refractivity contribution in [3.8, 4) is 6.07 Å². The van der Waals surface area contributed by atoms with Gasteiger partial charge in [-0.05, 0) is 42.1 Å². The topological polar surface area (TPSA) is 36.7 Å². The lowest BCUT2D eigenvalue weighted by atomic mass is 10.1. The predicted molar refractivity (Wildman–Crippen MR) is 77.3 cm³/mol. The van der Waals surface area contributed by atoms with E-state index in [1.165, 1.54) is 28.2 Å². The fourth-order valence-corrected chi connectivity index (χ4v) is 3.59. The van der Waals surface area contributed by atoms with Gasteiger partial charge in [0.15, 0.2) is 5.15 Å². The molecular weight excluding hydrogens is 284 g/mol. The first-order chi connectivity index (χ1) is 8.61. The summed E-state index contributed by atoms with van der Waals surface area (Å²) in [5, 5.41) is 9.30. The minimum absolute atomic E-state index is 0.310. The lowest BCUT2D eigenvalue weighted by molar-refractivity contribution is 1.28. The highest BCUT2D eigenvalue weighted by Gasteiger charge is 2.12. The van der Waals surface area contributed by atoms with Crippen LogP contribution in [0, 0.1) is 25.2 Å². The predicted octanol–water partition coefficient (Wildman–Crippen LogP) is 4.58. The molecule has 0 saturated carbocycles. The second-order valence-corrected chi connectivity index (χ2v) is 6.33. The third kappa shape index (κ3) is 2.86. The molecule has 0 saturated heterocycles. The number of hydrogen-bond acceptors (Lipinski definition) is 4. The van der Waals surface area contributed by atoms with Crippen LogP contribution in [0.4, 0.5) is 0 Å². The van der Waals surface area contributed by atoms with Crippen molar-refractivity contribution < 1.29 is 0 Å². The van der Waals surface area contributed by atoms with Gasteiger partial charge in [-0.3, -0.25) is 0 Å². The van der Waals surface area contributed by atoms with E-state index in [0.717, 1.165) is 9.96 Å². The van der Waals surface area contributed by atoms with Crippen LogP contribution in [-0.2, 0) is 5.75 Å². The lowest BCUT2D eigenvalue weighted by Crippen LogP contribution is -1.85. The molecule has 0 fully saturated rings. The van der Waals surface area contributed by atoms with Crippen molar-refractivity contribution >= 4 is 34.9 Å². The molecule has 0 aliphatic carbocycles. The number of thioether (sulfide) groups is 1. The molecule has 0 bridgehead atoms. The molecule has 2 aromatic rings. The number of rotatable bonds is 3. The Hall–Kier alpha value is -1.02. The summed E-state index contributed by atoms with van der Waals surface area (Å²) in [6, 6.07) is 8.51. The van der Waals surface area contributed by atoms with Crippen molar-refractivity contribution in [3.05, 3.63) is 45.6 Å². The summed E-state index contributed by atoms with van der Waals surface area (Å²) in [6.45, 7) is 4.21. The van der Waals surface area contributed by atoms with Crippen LogP contribution in [0.25, 0.3) is 0 Å². The Bertz CT molecular complexity index is 614. The average molecular weight is 295 g/mol. The van der Waals surface area contributed by atoms with Crippen LogP contribution in [0.2, 0.25) is 5.15 Å². The second kappa shape index (κ2) is 5.75. The van der Waals surface area contributed by atoms with Gasteiger partial charge in [0.25, 0.3) is 0 Å². The van der Waals surface area contributed by atoms with Gasteiger partial charge in [0.2, 0.25) is 0 Å². The summed E-state index contributed by atoms with van der Waals surface area (Å²) in [4.78, 5) is 0. The monoisotopic (exact) mass is 294 g/mol. The number of hydrogen-bond donors (Lipinski definition) is 0. The third-order valence-corrected chi connectivity index (χ3v) is 5.21. The Morgan fingerprint density at radius 3 is 2.83 bits per heavy atom. The quantitative estimate of drug-likeness (QED) is 0.778. The summed E-state index contributed by atoms with van der Waals surface area (Å²) in [5.74, 6) is 0.828. The summed E-state index contributed by atoms with van der Waals surface area (Å²) in [5.41, 5.74) is 4.32. The van der Waals surface area contributed by atoms with Crippen LogP contribution < -0.4 is 0 Å². The van der Waals surface area contributed by atoms with Crippen LogP contribution in [0.5, 0.6) is 0 Å². The number of nitriles is 1. The summed E-state index contributed by atoms with van der Waals surface area (Å²) < 4.78 is 4.88. The van der Waals surface area contributed by atoms with Crippen LogP contribution in [0.15, 0.2) is 22.4 Å². The van der Waals surface area contributed by atoms with E-state index in [1.54, 1.807) is 11.8 Å². The third-order valence-electron chi connectivity index (χ3n) is 2.67. The van der Waals surface area contributed by atoms with E-state index in [0.29, 0.717) is 10.7 Å². The number of nitrogens with zero attached hydrogens (tertiary/aromatic N) is 2. The fourth-order valence-electron chi connectivity index (χ4n) is 1.49. The maximum atomic E-state index is 8.98. The van der Waals surface area contributed by atoms with Crippen molar-refractivity contribution in [3.63, 3.8) is 0 Å². The van der Waals surface area contributed by atoms with Gasteiger partial charge >= 0.3 is 0 Å². The molecule has 18 heavy (non-hydrogen) atoms. The molecule has 5 heteroatoms. The Morgan fingerprint density at radius 1 is 1.39 bits per heavy atom. The molecule has 1 aromatic carbocycles. The lowest BCUT2D eigenvalue weighted by Gasteiger charge is -2.04. The molecule has 0 aliphatic heterocycles. The summed E-state index contributed by atoms with van der Waals surface area (Å²) in [6.07, 6.45) is 0. The zero-order chi connectivity index (χ0) is 13.1. The van der Waals surface area contributed by atoms with Gasteiger partial charge in [0.05, 0.1) is 0 Å². The highest BCUT2D eigenvalue weighted by atomic mass is 35.5. The molecule has 2 nitrogen and oxygen atoms in total. The van der Waals surface area contributed by atoms with E-state index in [2.05, 4.69) is 42.5 Å². The van der Waals surface area contributed by atoms with Crippen molar-refractivity contribution in [2.45, 2.75) is 23.8 Å². The molecule has 1 aromatic heterocycles. The van der Waals surface area contributed by atoms with Gasteiger partial charge in [-0.25, -0.2) is 0 Å². The molecule has 1 heterocycles. The van der Waals surface area contributed by atoms with E-state index in [1.807, 2.05) is 0 Å². The Labute approximate surface area is 120 Å². The molecule has 0 spiro atoms. The van der Waals surface area contributed by atoms with Crippen molar-refractivity contribution in [2.75, 3.05) is 0 Å². The molecule has 0 radical (unpaired) electrons. The smallest absolute Gasteiger partial charge is 0.161 e. The van der Waals surface area contributed by atoms with Gasteiger partial charge in [-0.2, -0.15) is 9.64 Å². The van der Waals surface area contributed by atoms with Gasteiger partial charge < -0.3 is 0 Å². The fraction of sp³-hybridized carbons (Fsp3) is 0.231. The van der Waals surface area contributed by atoms with Gasteiger partial charge in [0, 0.05) is 5.75 Å². The first-order valence-corrected chi connectivity index (χ1v) is 7.49. The SMILES string of the molecule is Cc1ccc(CSc2snc(Cl)c2C#N)cc1C. The Kier molecular flexibility index (Phi) is 4.28. The molecule has 92 valence electrons. The molecule has 0 unspecified atom stereocenters. The highest BCUT2D eigenvalue weighted by Crippen LogP contribution is 2.33. The van der Waals surface area contributed by atoms with E-state index in [-0.39, 0.29) is 0 Å². The molecule has 0 amide bonds.